The predicted octanol–water partition coefficient (Wildman–Crippen LogP) is 1.93. The SMILES string of the molecule is CCC(N)(CC)CNc1nccn(C(C)(C)C)c1=O. The van der Waals surface area contributed by atoms with Gasteiger partial charge in [0, 0.05) is 30.0 Å². The van der Waals surface area contributed by atoms with Crippen LogP contribution in [-0.2, 0) is 5.54 Å². The summed E-state index contributed by atoms with van der Waals surface area (Å²) in [6.07, 6.45) is 5.07. The minimum Gasteiger partial charge on any atom is -0.364 e. The van der Waals surface area contributed by atoms with E-state index in [9.17, 15) is 4.79 Å². The number of rotatable bonds is 5. The van der Waals surface area contributed by atoms with Gasteiger partial charge in [-0.1, -0.05) is 13.8 Å². The van der Waals surface area contributed by atoms with E-state index in [0.717, 1.165) is 12.8 Å². The van der Waals surface area contributed by atoms with Gasteiger partial charge in [0.15, 0.2) is 5.82 Å². The van der Waals surface area contributed by atoms with Crippen molar-refractivity contribution in [1.82, 2.24) is 9.55 Å². The quantitative estimate of drug-likeness (QED) is 0.854. The molecule has 0 atom stereocenters. The number of anilines is 1. The molecule has 0 unspecified atom stereocenters. The smallest absolute Gasteiger partial charge is 0.293 e. The van der Waals surface area contributed by atoms with Crippen LogP contribution in [0.5, 0.6) is 0 Å². The van der Waals surface area contributed by atoms with Crippen LogP contribution in [0.25, 0.3) is 0 Å². The second-order valence-electron chi connectivity index (χ2n) is 6.04. The molecule has 3 N–H and O–H groups in total. The Hall–Kier alpha value is -1.36. The molecular formula is C14H26N4O. The Morgan fingerprint density at radius 1 is 1.32 bits per heavy atom. The van der Waals surface area contributed by atoms with Crippen LogP contribution in [0.3, 0.4) is 0 Å². The highest BCUT2D eigenvalue weighted by atomic mass is 16.1. The molecule has 1 aromatic rings. The van der Waals surface area contributed by atoms with Gasteiger partial charge in [0.25, 0.3) is 5.56 Å². The minimum absolute atomic E-state index is 0.107. The maximum atomic E-state index is 12.3. The molecule has 0 saturated carbocycles. The summed E-state index contributed by atoms with van der Waals surface area (Å²) in [5.41, 5.74) is 5.56. The molecule has 0 aliphatic heterocycles. The number of nitrogens with one attached hydrogen (secondary N) is 1. The minimum atomic E-state index is -0.295. The first-order valence-corrected chi connectivity index (χ1v) is 6.84. The van der Waals surface area contributed by atoms with Crippen molar-refractivity contribution >= 4 is 5.82 Å². The molecule has 5 heteroatoms. The van der Waals surface area contributed by atoms with Gasteiger partial charge in [-0.3, -0.25) is 4.79 Å². The zero-order valence-electron chi connectivity index (χ0n) is 12.7. The van der Waals surface area contributed by atoms with Crippen LogP contribution in [-0.4, -0.2) is 21.6 Å². The van der Waals surface area contributed by atoms with Crippen LogP contribution in [0, 0.1) is 0 Å². The van der Waals surface area contributed by atoms with Crippen LogP contribution in [0.1, 0.15) is 47.5 Å². The normalized spacial score (nSPS) is 12.5. The molecule has 108 valence electrons. The molecule has 0 bridgehead atoms. The summed E-state index contributed by atoms with van der Waals surface area (Å²) >= 11 is 0. The van der Waals surface area contributed by atoms with Crippen molar-refractivity contribution in [1.29, 1.82) is 0 Å². The highest BCUT2D eigenvalue weighted by Gasteiger charge is 2.22. The van der Waals surface area contributed by atoms with E-state index in [4.69, 9.17) is 5.73 Å². The van der Waals surface area contributed by atoms with Crippen molar-refractivity contribution in [3.8, 4) is 0 Å². The van der Waals surface area contributed by atoms with Crippen LogP contribution in [0.4, 0.5) is 5.82 Å². The lowest BCUT2D eigenvalue weighted by Gasteiger charge is -2.27. The number of aromatic nitrogens is 2. The third-order valence-electron chi connectivity index (χ3n) is 3.58. The predicted molar refractivity (Wildman–Crippen MR) is 79.5 cm³/mol. The third-order valence-corrected chi connectivity index (χ3v) is 3.58. The van der Waals surface area contributed by atoms with E-state index in [1.807, 2.05) is 20.8 Å². The van der Waals surface area contributed by atoms with Crippen molar-refractivity contribution in [3.63, 3.8) is 0 Å². The second-order valence-corrected chi connectivity index (χ2v) is 6.04. The Bertz CT molecular complexity index is 469. The maximum absolute atomic E-state index is 12.3. The molecule has 0 aliphatic rings. The molecule has 0 aromatic carbocycles. The van der Waals surface area contributed by atoms with Crippen molar-refractivity contribution < 1.29 is 0 Å². The van der Waals surface area contributed by atoms with Gasteiger partial charge >= 0.3 is 0 Å². The lowest BCUT2D eigenvalue weighted by Crippen LogP contribution is -2.46. The number of hydrogen-bond acceptors (Lipinski definition) is 4. The molecule has 1 heterocycles. The van der Waals surface area contributed by atoms with Gasteiger partial charge < -0.3 is 15.6 Å². The summed E-state index contributed by atoms with van der Waals surface area (Å²) in [5, 5.41) is 3.10. The van der Waals surface area contributed by atoms with Crippen molar-refractivity contribution in [2.45, 2.75) is 58.5 Å². The molecule has 19 heavy (non-hydrogen) atoms. The van der Waals surface area contributed by atoms with Gasteiger partial charge in [-0.15, -0.1) is 0 Å². The number of hydrogen-bond donors (Lipinski definition) is 2. The van der Waals surface area contributed by atoms with Gasteiger partial charge in [0.2, 0.25) is 0 Å². The molecule has 5 nitrogen and oxygen atoms in total. The van der Waals surface area contributed by atoms with E-state index in [-0.39, 0.29) is 16.6 Å². The summed E-state index contributed by atoms with van der Waals surface area (Å²) < 4.78 is 1.68. The highest BCUT2D eigenvalue weighted by molar-refractivity contribution is 5.32. The first-order chi connectivity index (χ1) is 8.73. The molecule has 1 rings (SSSR count). The summed E-state index contributed by atoms with van der Waals surface area (Å²) in [7, 11) is 0. The van der Waals surface area contributed by atoms with Gasteiger partial charge in [0.05, 0.1) is 0 Å². The largest absolute Gasteiger partial charge is 0.364 e. The van der Waals surface area contributed by atoms with Gasteiger partial charge in [-0.2, -0.15) is 0 Å². The summed E-state index contributed by atoms with van der Waals surface area (Å²) in [4.78, 5) is 16.4. The Morgan fingerprint density at radius 2 is 1.89 bits per heavy atom. The molecule has 0 aliphatic carbocycles. The summed E-state index contributed by atoms with van der Waals surface area (Å²) in [6, 6.07) is 0. The molecular weight excluding hydrogens is 240 g/mol. The standard InChI is InChI=1S/C14H26N4O/c1-6-14(15,7-2)10-17-11-12(19)18(9-8-16-11)13(3,4)5/h8-9H,6-7,10,15H2,1-5H3,(H,16,17). The van der Waals surface area contributed by atoms with E-state index in [2.05, 4.69) is 24.1 Å². The Kier molecular flexibility index (Phi) is 4.74. The highest BCUT2D eigenvalue weighted by Crippen LogP contribution is 2.13. The van der Waals surface area contributed by atoms with E-state index >= 15 is 0 Å². The molecule has 0 saturated heterocycles. The second kappa shape index (κ2) is 5.74. The monoisotopic (exact) mass is 266 g/mol. The van der Waals surface area contributed by atoms with E-state index in [0.29, 0.717) is 12.4 Å². The van der Waals surface area contributed by atoms with E-state index in [1.165, 1.54) is 0 Å². The average Bonchev–Trinajstić information content (AvgIpc) is 2.36. The van der Waals surface area contributed by atoms with Crippen LogP contribution >= 0.6 is 0 Å². The Morgan fingerprint density at radius 3 is 2.37 bits per heavy atom. The topological polar surface area (TPSA) is 72.9 Å². The lowest BCUT2D eigenvalue weighted by atomic mass is 9.94. The zero-order chi connectivity index (χ0) is 14.7. The van der Waals surface area contributed by atoms with Crippen LogP contribution < -0.4 is 16.6 Å². The first kappa shape index (κ1) is 15.7. The number of nitrogens with two attached hydrogens (primary N) is 1. The fourth-order valence-electron chi connectivity index (χ4n) is 1.82. The number of nitrogens with zero attached hydrogens (tertiary/aromatic N) is 2. The van der Waals surface area contributed by atoms with Crippen LogP contribution in [0.2, 0.25) is 0 Å². The maximum Gasteiger partial charge on any atom is 0.293 e. The van der Waals surface area contributed by atoms with Crippen LogP contribution in [0.15, 0.2) is 17.2 Å². The van der Waals surface area contributed by atoms with Crippen molar-refractivity contribution in [2.75, 3.05) is 11.9 Å². The molecule has 1 aromatic heterocycles. The fraction of sp³-hybridized carbons (Fsp3) is 0.714. The van der Waals surface area contributed by atoms with Gasteiger partial charge in [-0.05, 0) is 33.6 Å². The lowest BCUT2D eigenvalue weighted by molar-refractivity contribution is 0.382. The Labute approximate surface area is 115 Å². The summed E-state index contributed by atoms with van der Waals surface area (Å²) in [6.45, 7) is 10.6. The zero-order valence-corrected chi connectivity index (χ0v) is 12.7. The van der Waals surface area contributed by atoms with Crippen molar-refractivity contribution in [3.05, 3.63) is 22.7 Å². The van der Waals surface area contributed by atoms with Gasteiger partial charge in [0.1, 0.15) is 0 Å². The van der Waals surface area contributed by atoms with Gasteiger partial charge in [-0.25, -0.2) is 4.98 Å². The first-order valence-electron chi connectivity index (χ1n) is 6.84. The fourth-order valence-corrected chi connectivity index (χ4v) is 1.82. The molecule has 0 radical (unpaired) electrons. The average molecular weight is 266 g/mol. The Balaban J connectivity index is 2.96. The molecule has 0 spiro atoms. The molecule has 0 fully saturated rings. The molecule has 0 amide bonds. The summed E-state index contributed by atoms with van der Waals surface area (Å²) in [5.74, 6) is 0.370. The van der Waals surface area contributed by atoms with Crippen molar-refractivity contribution in [2.24, 2.45) is 5.73 Å². The van der Waals surface area contributed by atoms with E-state index < -0.39 is 0 Å². The van der Waals surface area contributed by atoms with E-state index in [1.54, 1.807) is 17.0 Å². The third kappa shape index (κ3) is 3.80.